The maximum absolute atomic E-state index is 12.0. The highest BCUT2D eigenvalue weighted by Crippen LogP contribution is 2.31. The molecule has 1 N–H and O–H groups in total. The molecule has 25 heavy (non-hydrogen) atoms. The molecule has 0 aliphatic heterocycles. The fraction of sp³-hybridized carbons (Fsp3) is 0.105. The lowest BCUT2D eigenvalue weighted by Gasteiger charge is -1.99. The van der Waals surface area contributed by atoms with Gasteiger partial charge in [-0.15, -0.1) is 0 Å². The molecule has 0 bridgehead atoms. The van der Waals surface area contributed by atoms with Gasteiger partial charge in [0.15, 0.2) is 0 Å². The van der Waals surface area contributed by atoms with Gasteiger partial charge in [0, 0.05) is 5.56 Å². The van der Waals surface area contributed by atoms with Crippen molar-refractivity contribution in [2.75, 3.05) is 12.5 Å². The summed E-state index contributed by atoms with van der Waals surface area (Å²) >= 11 is 1.22. The molecule has 0 spiro atoms. The molecule has 0 atom stereocenters. The smallest absolute Gasteiger partial charge is 0.350 e. The molecule has 3 rings (SSSR count). The van der Waals surface area contributed by atoms with Gasteiger partial charge in [-0.3, -0.25) is 5.43 Å². The van der Waals surface area contributed by atoms with Crippen molar-refractivity contribution >= 4 is 28.7 Å². The van der Waals surface area contributed by atoms with Gasteiger partial charge in [0.1, 0.15) is 4.88 Å². The maximum atomic E-state index is 12.0. The third-order valence-electron chi connectivity index (χ3n) is 3.60. The number of ether oxygens (including phenoxy) is 1. The van der Waals surface area contributed by atoms with E-state index in [9.17, 15) is 4.79 Å². The molecule has 5 nitrogen and oxygen atoms in total. The number of nitrogens with one attached hydrogen (secondary N) is 1. The highest BCUT2D eigenvalue weighted by Gasteiger charge is 2.19. The van der Waals surface area contributed by atoms with Crippen molar-refractivity contribution in [1.82, 2.24) is 4.98 Å². The second-order valence-corrected chi connectivity index (χ2v) is 6.28. The average molecular weight is 351 g/mol. The van der Waals surface area contributed by atoms with Crippen LogP contribution in [-0.4, -0.2) is 24.3 Å². The molecule has 0 aliphatic carbocycles. The summed E-state index contributed by atoms with van der Waals surface area (Å²) < 4.78 is 4.87. The Morgan fingerprint density at radius 2 is 1.88 bits per heavy atom. The summed E-state index contributed by atoms with van der Waals surface area (Å²) in [6.45, 7) is 2.02. The minimum absolute atomic E-state index is 0.410. The zero-order valence-corrected chi connectivity index (χ0v) is 14.7. The SMILES string of the molecule is COC(=O)c1sc(N/N=C\c2ccccc2C)nc1-c1ccccc1. The van der Waals surface area contributed by atoms with Crippen LogP contribution >= 0.6 is 11.3 Å². The Morgan fingerprint density at radius 3 is 2.60 bits per heavy atom. The second kappa shape index (κ2) is 7.72. The van der Waals surface area contributed by atoms with E-state index in [0.29, 0.717) is 15.7 Å². The van der Waals surface area contributed by atoms with Crippen LogP contribution in [0.25, 0.3) is 11.3 Å². The lowest BCUT2D eigenvalue weighted by molar-refractivity contribution is 0.0607. The van der Waals surface area contributed by atoms with Gasteiger partial charge in [-0.25, -0.2) is 9.78 Å². The summed E-state index contributed by atoms with van der Waals surface area (Å²) in [5.74, 6) is -0.410. The first kappa shape index (κ1) is 16.9. The van der Waals surface area contributed by atoms with Gasteiger partial charge in [0.05, 0.1) is 19.0 Å². The van der Waals surface area contributed by atoms with E-state index in [-0.39, 0.29) is 0 Å². The van der Waals surface area contributed by atoms with Crippen molar-refractivity contribution in [1.29, 1.82) is 0 Å². The number of nitrogens with zero attached hydrogens (tertiary/aromatic N) is 2. The second-order valence-electron chi connectivity index (χ2n) is 5.28. The summed E-state index contributed by atoms with van der Waals surface area (Å²) in [4.78, 5) is 17.0. The van der Waals surface area contributed by atoms with Gasteiger partial charge in [0.2, 0.25) is 5.13 Å². The first-order valence-corrected chi connectivity index (χ1v) is 8.50. The third-order valence-corrected chi connectivity index (χ3v) is 4.54. The minimum Gasteiger partial charge on any atom is -0.465 e. The number of methoxy groups -OCH3 is 1. The fourth-order valence-electron chi connectivity index (χ4n) is 2.28. The van der Waals surface area contributed by atoms with Gasteiger partial charge in [-0.1, -0.05) is 65.9 Å². The number of thiazole rings is 1. The van der Waals surface area contributed by atoms with Crippen LogP contribution in [0.1, 0.15) is 20.8 Å². The fourth-order valence-corrected chi connectivity index (χ4v) is 3.13. The maximum Gasteiger partial charge on any atom is 0.350 e. The zero-order valence-electron chi connectivity index (χ0n) is 13.9. The van der Waals surface area contributed by atoms with Gasteiger partial charge < -0.3 is 4.74 Å². The molecule has 0 unspecified atom stereocenters. The number of esters is 1. The number of benzene rings is 2. The Balaban J connectivity index is 1.86. The summed E-state index contributed by atoms with van der Waals surface area (Å²) in [5.41, 5.74) is 6.49. The van der Waals surface area contributed by atoms with Crippen LogP contribution in [0.5, 0.6) is 0 Å². The lowest BCUT2D eigenvalue weighted by Crippen LogP contribution is -2.00. The van der Waals surface area contributed by atoms with Crippen LogP contribution in [0, 0.1) is 6.92 Å². The van der Waals surface area contributed by atoms with E-state index in [2.05, 4.69) is 15.5 Å². The molecule has 6 heteroatoms. The molecule has 2 aromatic carbocycles. The zero-order chi connectivity index (χ0) is 17.6. The Morgan fingerprint density at radius 1 is 1.16 bits per heavy atom. The predicted molar refractivity (Wildman–Crippen MR) is 101 cm³/mol. The first-order valence-electron chi connectivity index (χ1n) is 7.68. The molecule has 0 saturated heterocycles. The normalized spacial score (nSPS) is 10.8. The van der Waals surface area contributed by atoms with Crippen LogP contribution in [0.15, 0.2) is 59.7 Å². The van der Waals surface area contributed by atoms with Crippen LogP contribution in [0.3, 0.4) is 0 Å². The van der Waals surface area contributed by atoms with Crippen molar-refractivity contribution in [3.05, 3.63) is 70.6 Å². The van der Waals surface area contributed by atoms with Crippen molar-refractivity contribution in [3.63, 3.8) is 0 Å². The van der Waals surface area contributed by atoms with E-state index < -0.39 is 5.97 Å². The number of carbonyl (C=O) groups is 1. The number of aryl methyl sites for hydroxylation is 1. The number of rotatable bonds is 5. The Labute approximate surface area is 150 Å². The van der Waals surface area contributed by atoms with Crippen molar-refractivity contribution in [2.24, 2.45) is 5.10 Å². The molecule has 0 fully saturated rings. The quantitative estimate of drug-likeness (QED) is 0.422. The van der Waals surface area contributed by atoms with Crippen molar-refractivity contribution in [2.45, 2.75) is 6.92 Å². The van der Waals surface area contributed by atoms with Crippen LogP contribution in [-0.2, 0) is 4.74 Å². The number of anilines is 1. The van der Waals surface area contributed by atoms with Gasteiger partial charge >= 0.3 is 5.97 Å². The molecular formula is C19H17N3O2S. The van der Waals surface area contributed by atoms with E-state index in [4.69, 9.17) is 4.74 Å². The molecule has 0 aliphatic rings. The molecular weight excluding hydrogens is 334 g/mol. The first-order chi connectivity index (χ1) is 12.2. The van der Waals surface area contributed by atoms with Gasteiger partial charge in [0.25, 0.3) is 0 Å². The number of hydrazone groups is 1. The molecule has 126 valence electrons. The number of hydrogen-bond acceptors (Lipinski definition) is 6. The number of carbonyl (C=O) groups excluding carboxylic acids is 1. The molecule has 3 aromatic rings. The van der Waals surface area contributed by atoms with Crippen LogP contribution in [0.2, 0.25) is 0 Å². The lowest BCUT2D eigenvalue weighted by atomic mass is 10.1. The van der Waals surface area contributed by atoms with E-state index in [0.717, 1.165) is 16.7 Å². The summed E-state index contributed by atoms with van der Waals surface area (Å²) in [7, 11) is 1.36. The average Bonchev–Trinajstić information content (AvgIpc) is 3.07. The highest BCUT2D eigenvalue weighted by atomic mass is 32.1. The third kappa shape index (κ3) is 3.92. The molecule has 1 heterocycles. The standard InChI is InChI=1S/C19H17N3O2S/c1-13-8-6-7-11-15(13)12-20-22-19-21-16(14-9-4-3-5-10-14)17(25-19)18(23)24-2/h3-12H,1-2H3,(H,21,22)/b20-12-. The number of aromatic nitrogens is 1. The van der Waals surface area contributed by atoms with Crippen LogP contribution < -0.4 is 5.43 Å². The topological polar surface area (TPSA) is 63.6 Å². The Bertz CT molecular complexity index is 904. The van der Waals surface area contributed by atoms with E-state index in [1.807, 2.05) is 61.5 Å². The van der Waals surface area contributed by atoms with E-state index in [1.54, 1.807) is 6.21 Å². The van der Waals surface area contributed by atoms with Crippen molar-refractivity contribution in [3.8, 4) is 11.3 Å². The summed E-state index contributed by atoms with van der Waals surface area (Å²) in [5, 5.41) is 4.76. The molecule has 0 radical (unpaired) electrons. The Kier molecular flexibility index (Phi) is 5.20. The van der Waals surface area contributed by atoms with Crippen molar-refractivity contribution < 1.29 is 9.53 Å². The molecule has 0 amide bonds. The molecule has 1 aromatic heterocycles. The largest absolute Gasteiger partial charge is 0.465 e. The minimum atomic E-state index is -0.410. The highest BCUT2D eigenvalue weighted by molar-refractivity contribution is 7.17. The van der Waals surface area contributed by atoms with Crippen LogP contribution in [0.4, 0.5) is 5.13 Å². The Hall–Kier alpha value is -2.99. The predicted octanol–water partition coefficient (Wildman–Crippen LogP) is 4.35. The van der Waals surface area contributed by atoms with Gasteiger partial charge in [-0.05, 0) is 18.1 Å². The van der Waals surface area contributed by atoms with Gasteiger partial charge in [-0.2, -0.15) is 5.10 Å². The van der Waals surface area contributed by atoms with E-state index >= 15 is 0 Å². The molecule has 0 saturated carbocycles. The monoisotopic (exact) mass is 351 g/mol. The van der Waals surface area contributed by atoms with E-state index in [1.165, 1.54) is 18.4 Å². The number of hydrogen-bond donors (Lipinski definition) is 1. The summed E-state index contributed by atoms with van der Waals surface area (Å²) in [6.07, 6.45) is 1.73. The summed E-state index contributed by atoms with van der Waals surface area (Å²) in [6, 6.07) is 17.5.